The van der Waals surface area contributed by atoms with Crippen LogP contribution >= 0.6 is 0 Å². The normalized spacial score (nSPS) is 13.6. The molecule has 0 spiro atoms. The van der Waals surface area contributed by atoms with Gasteiger partial charge in [-0.2, -0.15) is 0 Å². The molecule has 1 atom stereocenters. The van der Waals surface area contributed by atoms with E-state index in [-0.39, 0.29) is 18.0 Å². The number of carbonyl (C=O) groups is 2. The van der Waals surface area contributed by atoms with Crippen molar-refractivity contribution in [1.82, 2.24) is 25.9 Å². The van der Waals surface area contributed by atoms with Crippen LogP contribution in [0.15, 0.2) is 58.3 Å². The highest BCUT2D eigenvalue weighted by atomic mass is 16.6. The molecule has 12 heteroatoms. The number of ether oxygens (including phenoxy) is 2. The van der Waals surface area contributed by atoms with Crippen LogP contribution in [0.5, 0.6) is 11.5 Å². The molecule has 1 amide bonds. The van der Waals surface area contributed by atoms with Gasteiger partial charge in [-0.1, -0.05) is 18.2 Å². The summed E-state index contributed by atoms with van der Waals surface area (Å²) in [5.74, 6) is 0.368. The monoisotopic (exact) mass is 506 g/mol. The molecular formula is C25H26N6O6. The van der Waals surface area contributed by atoms with Crippen molar-refractivity contribution in [2.45, 2.75) is 12.5 Å². The van der Waals surface area contributed by atoms with Gasteiger partial charge in [-0.05, 0) is 42.0 Å². The van der Waals surface area contributed by atoms with E-state index in [9.17, 15) is 19.5 Å². The second-order valence-corrected chi connectivity index (χ2v) is 8.03. The number of carbonyl (C=O) groups excluding carboxylic acids is 1. The van der Waals surface area contributed by atoms with Crippen molar-refractivity contribution in [3.8, 4) is 11.5 Å². The molecule has 0 bridgehead atoms. The number of carboxylic acid groups (broad SMARTS) is 1. The summed E-state index contributed by atoms with van der Waals surface area (Å²) in [6, 6.07) is 10.0. The van der Waals surface area contributed by atoms with Gasteiger partial charge in [0, 0.05) is 19.5 Å². The molecule has 5 N–H and O–H groups in total. The average Bonchev–Trinajstić information content (AvgIpc) is 3.40. The summed E-state index contributed by atoms with van der Waals surface area (Å²) in [6.07, 6.45) is 2.58. The van der Waals surface area contributed by atoms with E-state index in [0.717, 1.165) is 24.6 Å². The topological polar surface area (TPSA) is 167 Å². The predicted octanol–water partition coefficient (Wildman–Crippen LogP) is 1.28. The van der Waals surface area contributed by atoms with E-state index >= 15 is 0 Å². The number of guanidine groups is 1. The van der Waals surface area contributed by atoms with E-state index in [2.05, 4.69) is 30.9 Å². The van der Waals surface area contributed by atoms with Gasteiger partial charge in [0.2, 0.25) is 0 Å². The molecule has 4 rings (SSSR count). The van der Waals surface area contributed by atoms with Gasteiger partial charge in [-0.25, -0.2) is 14.6 Å². The Morgan fingerprint density at radius 2 is 1.97 bits per heavy atom. The van der Waals surface area contributed by atoms with Crippen LogP contribution in [0, 0.1) is 0 Å². The number of aliphatic carboxylic acids is 1. The molecule has 0 saturated carbocycles. The van der Waals surface area contributed by atoms with Crippen LogP contribution in [0.4, 0.5) is 4.79 Å². The maximum absolute atomic E-state index is 12.7. The van der Waals surface area contributed by atoms with Gasteiger partial charge in [-0.3, -0.25) is 9.79 Å². The van der Waals surface area contributed by atoms with Gasteiger partial charge in [0.1, 0.15) is 23.4 Å². The van der Waals surface area contributed by atoms with Crippen molar-refractivity contribution < 1.29 is 24.2 Å². The van der Waals surface area contributed by atoms with Gasteiger partial charge in [0.15, 0.2) is 5.96 Å². The lowest BCUT2D eigenvalue weighted by Gasteiger charge is -2.14. The lowest BCUT2D eigenvalue weighted by molar-refractivity contribution is -0.139. The van der Waals surface area contributed by atoms with Crippen LogP contribution < -0.4 is 31.0 Å². The number of amides is 1. The van der Waals surface area contributed by atoms with E-state index in [0.29, 0.717) is 23.2 Å². The predicted molar refractivity (Wildman–Crippen MR) is 137 cm³/mol. The zero-order chi connectivity index (χ0) is 26.2. The zero-order valence-corrected chi connectivity index (χ0v) is 20.0. The third kappa shape index (κ3) is 6.84. The Labute approximate surface area is 211 Å². The molecule has 1 aliphatic rings. The Bertz CT molecular complexity index is 1400. The summed E-state index contributed by atoms with van der Waals surface area (Å²) in [4.78, 5) is 47.9. The number of methoxy groups -OCH3 is 1. The number of hydrogen-bond acceptors (Lipinski definition) is 9. The molecule has 12 nitrogen and oxygen atoms in total. The molecule has 0 fully saturated rings. The highest BCUT2D eigenvalue weighted by Crippen LogP contribution is 2.17. The van der Waals surface area contributed by atoms with Crippen LogP contribution in [-0.2, 0) is 11.2 Å². The first-order chi connectivity index (χ1) is 17.9. The number of H-pyrrole nitrogens is 1. The smallest absolute Gasteiger partial charge is 0.413 e. The number of benzene rings is 2. The highest BCUT2D eigenvalue weighted by Gasteiger charge is 2.23. The minimum Gasteiger partial charge on any atom is -0.497 e. The quantitative estimate of drug-likeness (QED) is 0.287. The number of nitrogens with one attached hydrogen (secondary N) is 4. The molecule has 2 aromatic carbocycles. The first kappa shape index (κ1) is 25.2. The van der Waals surface area contributed by atoms with Crippen molar-refractivity contribution in [2.24, 2.45) is 4.99 Å². The molecule has 3 aromatic rings. The molecule has 37 heavy (non-hydrogen) atoms. The van der Waals surface area contributed by atoms with E-state index in [1.54, 1.807) is 30.3 Å². The van der Waals surface area contributed by atoms with Crippen LogP contribution in [0.2, 0.25) is 0 Å². The summed E-state index contributed by atoms with van der Waals surface area (Å²) in [5, 5.41) is 18.5. The fourth-order valence-corrected chi connectivity index (χ4v) is 3.59. The van der Waals surface area contributed by atoms with Crippen molar-refractivity contribution >= 4 is 35.0 Å². The van der Waals surface area contributed by atoms with Crippen LogP contribution in [0.1, 0.15) is 11.4 Å². The molecule has 192 valence electrons. The fraction of sp³-hybridized carbons (Fsp3) is 0.240. The Hall–Kier alpha value is -4.87. The Balaban J connectivity index is 1.40. The van der Waals surface area contributed by atoms with Crippen LogP contribution in [0.3, 0.4) is 0 Å². The largest absolute Gasteiger partial charge is 0.497 e. The second-order valence-electron chi connectivity index (χ2n) is 8.03. The molecule has 2 heterocycles. The number of carboxylic acids is 1. The third-order valence-electron chi connectivity index (χ3n) is 5.41. The third-order valence-corrected chi connectivity index (χ3v) is 5.41. The fourth-order valence-electron chi connectivity index (χ4n) is 3.59. The molecular weight excluding hydrogens is 480 g/mol. The SMILES string of the molecule is COc1ccc(OC(=O)N[C@@H](Cc2nc3ccc(/C=C/CNC4=NCCN4)cc3c(=O)[nH]2)C(=O)O)cc1. The van der Waals surface area contributed by atoms with E-state index in [4.69, 9.17) is 9.47 Å². The molecule has 1 aliphatic heterocycles. The standard InChI is InChI=1S/C25H26N6O6/c1-36-16-5-7-17(8-6-16)37-25(35)30-20(23(33)34)14-21-29-19-9-4-15(13-18(19)22(32)31-21)3-2-10-26-24-27-11-12-28-24/h2-9,13,20H,10-12,14H2,1H3,(H,30,35)(H,33,34)(H2,26,27,28)(H,29,31,32)/b3-2+/t20-/m0/s1. The van der Waals surface area contributed by atoms with Crippen molar-refractivity contribution in [1.29, 1.82) is 0 Å². The molecule has 0 unspecified atom stereocenters. The van der Waals surface area contributed by atoms with E-state index < -0.39 is 23.7 Å². The summed E-state index contributed by atoms with van der Waals surface area (Å²) in [5.41, 5.74) is 0.799. The lowest BCUT2D eigenvalue weighted by Crippen LogP contribution is -2.44. The second kappa shape index (κ2) is 11.7. The molecule has 0 radical (unpaired) electrons. The lowest BCUT2D eigenvalue weighted by atomic mass is 10.1. The first-order valence-corrected chi connectivity index (χ1v) is 11.5. The molecule has 1 aromatic heterocycles. The van der Waals surface area contributed by atoms with Gasteiger partial charge in [0.25, 0.3) is 5.56 Å². The average molecular weight is 507 g/mol. The van der Waals surface area contributed by atoms with Gasteiger partial charge >= 0.3 is 12.1 Å². The number of aromatic nitrogens is 2. The maximum atomic E-state index is 12.7. The highest BCUT2D eigenvalue weighted by molar-refractivity contribution is 5.83. The van der Waals surface area contributed by atoms with E-state index in [1.807, 2.05) is 12.2 Å². The number of nitrogens with zero attached hydrogens (tertiary/aromatic N) is 2. The number of fused-ring (bicyclic) bond motifs is 1. The molecule has 0 saturated heterocycles. The first-order valence-electron chi connectivity index (χ1n) is 11.5. The van der Waals surface area contributed by atoms with Gasteiger partial charge in [0.05, 0.1) is 24.6 Å². The summed E-state index contributed by atoms with van der Waals surface area (Å²) in [6.45, 7) is 2.15. The minimum absolute atomic E-state index is 0.118. The van der Waals surface area contributed by atoms with Crippen molar-refractivity contribution in [2.75, 3.05) is 26.7 Å². The number of rotatable bonds is 9. The number of hydrogen-bond donors (Lipinski definition) is 5. The number of aromatic amines is 1. The summed E-state index contributed by atoms with van der Waals surface area (Å²) < 4.78 is 10.2. The van der Waals surface area contributed by atoms with Crippen LogP contribution in [0.25, 0.3) is 17.0 Å². The Morgan fingerprint density at radius 3 is 2.68 bits per heavy atom. The summed E-state index contributed by atoms with van der Waals surface area (Å²) >= 11 is 0. The summed E-state index contributed by atoms with van der Waals surface area (Å²) in [7, 11) is 1.51. The Kier molecular flexibility index (Phi) is 7.98. The van der Waals surface area contributed by atoms with Crippen LogP contribution in [-0.4, -0.2) is 65.9 Å². The molecule has 0 aliphatic carbocycles. The number of aliphatic imine (C=N–C) groups is 1. The van der Waals surface area contributed by atoms with Gasteiger partial charge in [-0.15, -0.1) is 0 Å². The van der Waals surface area contributed by atoms with Gasteiger partial charge < -0.3 is 35.5 Å². The minimum atomic E-state index is -1.37. The van der Waals surface area contributed by atoms with Crippen molar-refractivity contribution in [3.63, 3.8) is 0 Å². The zero-order valence-electron chi connectivity index (χ0n) is 20.0. The van der Waals surface area contributed by atoms with E-state index in [1.165, 1.54) is 19.2 Å². The van der Waals surface area contributed by atoms with Crippen molar-refractivity contribution in [3.05, 3.63) is 70.3 Å². The maximum Gasteiger partial charge on any atom is 0.413 e. The Morgan fingerprint density at radius 1 is 1.19 bits per heavy atom.